The van der Waals surface area contributed by atoms with Crippen molar-refractivity contribution in [1.29, 1.82) is 0 Å². The molecule has 1 saturated carbocycles. The largest absolute Gasteiger partial charge is 0.0966 e. The van der Waals surface area contributed by atoms with Crippen molar-refractivity contribution in [1.82, 2.24) is 0 Å². The summed E-state index contributed by atoms with van der Waals surface area (Å²) in [5.41, 5.74) is 0. The first-order valence-electron chi connectivity index (χ1n) is 5.35. The van der Waals surface area contributed by atoms with Gasteiger partial charge in [0.25, 0.3) is 0 Å². The van der Waals surface area contributed by atoms with Crippen molar-refractivity contribution < 1.29 is 0 Å². The van der Waals surface area contributed by atoms with E-state index in [0.29, 0.717) is 0 Å². The van der Waals surface area contributed by atoms with Crippen LogP contribution in [0.2, 0.25) is 0 Å². The second kappa shape index (κ2) is 29.2. The Morgan fingerprint density at radius 3 is 1.00 bits per heavy atom. The molecule has 0 unspecified atom stereocenters. The molecule has 0 spiro atoms. The van der Waals surface area contributed by atoms with Crippen LogP contribution in [-0.2, 0) is 0 Å². The van der Waals surface area contributed by atoms with E-state index in [1.807, 2.05) is 19.7 Å². The molecule has 0 amide bonds. The summed E-state index contributed by atoms with van der Waals surface area (Å²) in [6, 6.07) is 0. The zero-order chi connectivity index (χ0) is 10.9. The molecule has 0 radical (unpaired) electrons. The lowest BCUT2D eigenvalue weighted by Crippen LogP contribution is -1.85. The van der Waals surface area contributed by atoms with Crippen molar-refractivity contribution in [2.75, 3.05) is 10.3 Å². The highest BCUT2D eigenvalue weighted by Crippen LogP contribution is 2.15. The second-order valence-corrected chi connectivity index (χ2v) is 3.91. The molecule has 0 saturated heterocycles. The van der Waals surface area contributed by atoms with Crippen LogP contribution in [0.5, 0.6) is 0 Å². The average Bonchev–Trinajstić information content (AvgIpc) is 2.27. The average molecular weight is 365 g/mol. The molecule has 0 aromatic carbocycles. The molecular formula is C11H26BrI. The molecule has 1 aliphatic rings. The SMILES string of the molecule is C1CCCCC1.CBr.CC.CCI. The van der Waals surface area contributed by atoms with Crippen LogP contribution in [0.3, 0.4) is 0 Å². The summed E-state index contributed by atoms with van der Waals surface area (Å²) in [4.78, 5) is 0. The van der Waals surface area contributed by atoms with Crippen molar-refractivity contribution in [2.24, 2.45) is 0 Å². The summed E-state index contributed by atoms with van der Waals surface area (Å²) in [6.45, 7) is 6.11. The lowest BCUT2D eigenvalue weighted by Gasteiger charge is -2.05. The fourth-order valence-corrected chi connectivity index (χ4v) is 1.06. The molecule has 2 heteroatoms. The lowest BCUT2D eigenvalue weighted by atomic mass is 10.0. The van der Waals surface area contributed by atoms with Crippen LogP contribution in [0.15, 0.2) is 0 Å². The summed E-state index contributed by atoms with van der Waals surface area (Å²) in [5.74, 6) is 1.81. The molecule has 0 atom stereocenters. The standard InChI is InChI=1S/C6H12.C2H5I.C2H6.CH3Br/c1-2-4-6-5-3-1;1-2-3;2*1-2/h1-6H2;2H2,1H3;1-2H3;1H3. The van der Waals surface area contributed by atoms with Gasteiger partial charge in [-0.15, -0.1) is 0 Å². The van der Waals surface area contributed by atoms with Crippen LogP contribution in [0.4, 0.5) is 0 Å². The summed E-state index contributed by atoms with van der Waals surface area (Å²) >= 11 is 5.23. The summed E-state index contributed by atoms with van der Waals surface area (Å²) in [5, 5.41) is 0. The maximum atomic E-state index is 2.94. The van der Waals surface area contributed by atoms with Gasteiger partial charge < -0.3 is 0 Å². The van der Waals surface area contributed by atoms with Gasteiger partial charge in [-0.2, -0.15) is 0 Å². The minimum Gasteiger partial charge on any atom is -0.0966 e. The first-order valence-corrected chi connectivity index (χ1v) is 8.46. The highest BCUT2D eigenvalue weighted by Gasteiger charge is 1.95. The number of alkyl halides is 2. The van der Waals surface area contributed by atoms with Crippen molar-refractivity contribution >= 4 is 38.5 Å². The van der Waals surface area contributed by atoms with E-state index < -0.39 is 0 Å². The zero-order valence-electron chi connectivity index (χ0n) is 9.71. The molecular weight excluding hydrogens is 339 g/mol. The fourth-order valence-electron chi connectivity index (χ4n) is 1.06. The maximum absolute atomic E-state index is 2.94. The van der Waals surface area contributed by atoms with Gasteiger partial charge in [0.05, 0.1) is 0 Å². The molecule has 0 aliphatic heterocycles. The van der Waals surface area contributed by atoms with Crippen LogP contribution in [0, 0.1) is 0 Å². The highest BCUT2D eigenvalue weighted by atomic mass is 127. The van der Waals surface area contributed by atoms with Gasteiger partial charge in [0.2, 0.25) is 0 Å². The Morgan fingerprint density at radius 2 is 0.923 bits per heavy atom. The van der Waals surface area contributed by atoms with E-state index >= 15 is 0 Å². The van der Waals surface area contributed by atoms with Crippen LogP contribution in [0.1, 0.15) is 59.3 Å². The maximum Gasteiger partial charge on any atom is -0.00332 e. The molecule has 0 nitrogen and oxygen atoms in total. The highest BCUT2D eigenvalue weighted by molar-refractivity contribution is 14.1. The minimum absolute atomic E-state index is 1.22. The minimum atomic E-state index is 1.22. The molecule has 1 fully saturated rings. The van der Waals surface area contributed by atoms with Crippen LogP contribution >= 0.6 is 38.5 Å². The van der Waals surface area contributed by atoms with Crippen LogP contribution < -0.4 is 0 Å². The van der Waals surface area contributed by atoms with Gasteiger partial charge in [-0.05, 0) is 10.3 Å². The predicted octanol–water partition coefficient (Wildman–Crippen LogP) is 5.82. The Morgan fingerprint density at radius 1 is 0.846 bits per heavy atom. The Balaban J connectivity index is -0.000000124. The summed E-state index contributed by atoms with van der Waals surface area (Å²) in [6.07, 6.45) is 9.00. The summed E-state index contributed by atoms with van der Waals surface area (Å²) < 4.78 is 1.22. The molecule has 0 heterocycles. The van der Waals surface area contributed by atoms with Gasteiger partial charge >= 0.3 is 0 Å². The second-order valence-electron chi connectivity index (χ2n) is 2.39. The Bertz CT molecular complexity index is 33.8. The molecule has 0 aromatic heterocycles. The van der Waals surface area contributed by atoms with Crippen LogP contribution in [-0.4, -0.2) is 10.3 Å². The quantitative estimate of drug-likeness (QED) is 0.375. The molecule has 0 aromatic rings. The van der Waals surface area contributed by atoms with Crippen LogP contribution in [0.25, 0.3) is 0 Å². The van der Waals surface area contributed by atoms with E-state index in [-0.39, 0.29) is 0 Å². The zero-order valence-corrected chi connectivity index (χ0v) is 13.4. The Kier molecular flexibility index (Phi) is 44.3. The third kappa shape index (κ3) is 31.9. The van der Waals surface area contributed by atoms with Gasteiger partial charge in [-0.25, -0.2) is 0 Å². The van der Waals surface area contributed by atoms with Crippen molar-refractivity contribution in [2.45, 2.75) is 59.3 Å². The first kappa shape index (κ1) is 19.7. The number of rotatable bonds is 0. The number of hydrogen-bond acceptors (Lipinski definition) is 0. The fraction of sp³-hybridized carbons (Fsp3) is 1.00. The van der Waals surface area contributed by atoms with E-state index in [0.717, 1.165) is 0 Å². The van der Waals surface area contributed by atoms with Crippen molar-refractivity contribution in [3.8, 4) is 0 Å². The molecule has 1 rings (SSSR count). The predicted molar refractivity (Wildman–Crippen MR) is 78.5 cm³/mol. The first-order chi connectivity index (χ1) is 6.41. The van der Waals surface area contributed by atoms with E-state index in [1.165, 1.54) is 43.0 Å². The van der Waals surface area contributed by atoms with Gasteiger partial charge in [0.15, 0.2) is 0 Å². The third-order valence-corrected chi connectivity index (χ3v) is 1.50. The smallest absolute Gasteiger partial charge is 0.00332 e. The number of halogens is 2. The molecule has 13 heavy (non-hydrogen) atoms. The van der Waals surface area contributed by atoms with Crippen molar-refractivity contribution in [3.63, 3.8) is 0 Å². The monoisotopic (exact) mass is 364 g/mol. The normalized spacial score (nSPS) is 13.4. The Labute approximate surface area is 108 Å². The Hall–Kier alpha value is 1.21. The van der Waals surface area contributed by atoms with Gasteiger partial charge in [0, 0.05) is 0 Å². The summed E-state index contributed by atoms with van der Waals surface area (Å²) in [7, 11) is 0. The third-order valence-electron chi connectivity index (χ3n) is 1.50. The number of hydrogen-bond donors (Lipinski definition) is 0. The van der Waals surface area contributed by atoms with E-state index in [1.54, 1.807) is 0 Å². The molecule has 0 N–H and O–H groups in total. The molecule has 84 valence electrons. The van der Waals surface area contributed by atoms with Gasteiger partial charge in [-0.1, -0.05) is 97.8 Å². The van der Waals surface area contributed by atoms with E-state index in [9.17, 15) is 0 Å². The lowest BCUT2D eigenvalue weighted by molar-refractivity contribution is 0.504. The van der Waals surface area contributed by atoms with E-state index in [4.69, 9.17) is 0 Å². The van der Waals surface area contributed by atoms with Gasteiger partial charge in [0.1, 0.15) is 0 Å². The molecule has 1 aliphatic carbocycles. The van der Waals surface area contributed by atoms with Gasteiger partial charge in [-0.3, -0.25) is 0 Å². The topological polar surface area (TPSA) is 0 Å². The molecule has 0 bridgehead atoms. The van der Waals surface area contributed by atoms with Crippen molar-refractivity contribution in [3.05, 3.63) is 0 Å². The van der Waals surface area contributed by atoms with E-state index in [2.05, 4.69) is 45.4 Å².